The number of carbonyl (C=O) groups is 2. The van der Waals surface area contributed by atoms with Crippen molar-refractivity contribution in [3.63, 3.8) is 0 Å². The fourth-order valence-electron chi connectivity index (χ4n) is 6.87. The van der Waals surface area contributed by atoms with Crippen LogP contribution in [-0.4, -0.2) is 46.2 Å². The van der Waals surface area contributed by atoms with Gasteiger partial charge in [0, 0.05) is 6.42 Å². The molecule has 1 unspecified atom stereocenters. The first-order valence-corrected chi connectivity index (χ1v) is 20.7. The van der Waals surface area contributed by atoms with Crippen LogP contribution in [0, 0.1) is 0 Å². The average molecular weight is 652 g/mol. The fourth-order valence-corrected chi connectivity index (χ4v) is 6.87. The first-order valence-electron chi connectivity index (χ1n) is 20.7. The van der Waals surface area contributed by atoms with Crippen LogP contribution in [0.1, 0.15) is 232 Å². The molecule has 0 fully saturated rings. The third kappa shape index (κ3) is 32.8. The summed E-state index contributed by atoms with van der Waals surface area (Å²) in [7, 11) is 0. The minimum Gasteiger partial charge on any atom is -0.481 e. The van der Waals surface area contributed by atoms with Gasteiger partial charge in [0.1, 0.15) is 6.04 Å². The molecule has 274 valence electrons. The highest BCUT2D eigenvalue weighted by Gasteiger charge is 2.25. The summed E-state index contributed by atoms with van der Waals surface area (Å²) in [6.07, 6.45) is 42.6. The minimum atomic E-state index is -0.906. The van der Waals surface area contributed by atoms with Crippen LogP contribution in [-0.2, 0) is 9.59 Å². The van der Waals surface area contributed by atoms with Gasteiger partial charge in [0.25, 0.3) is 0 Å². The second-order valence-corrected chi connectivity index (χ2v) is 14.4. The van der Waals surface area contributed by atoms with Gasteiger partial charge in [-0.15, -0.1) is 0 Å². The first-order chi connectivity index (χ1) is 22.5. The third-order valence-electron chi connectivity index (χ3n) is 9.96. The van der Waals surface area contributed by atoms with Crippen LogP contribution >= 0.6 is 0 Å². The van der Waals surface area contributed by atoms with E-state index in [4.69, 9.17) is 5.11 Å². The predicted molar refractivity (Wildman–Crippen MR) is 199 cm³/mol. The molecule has 2 N–H and O–H groups in total. The van der Waals surface area contributed by atoms with E-state index in [1.165, 1.54) is 180 Å². The predicted octanol–water partition coefficient (Wildman–Crippen LogP) is 13.1. The SMILES string of the molecule is CCCCCCCCCCCCCCCCCCN(CCCCCCCCCCCCCCCCCC)C(CCC(=O)O)C(=O)O. The van der Waals surface area contributed by atoms with E-state index in [-0.39, 0.29) is 12.8 Å². The van der Waals surface area contributed by atoms with Crippen molar-refractivity contribution < 1.29 is 19.8 Å². The number of nitrogens with zero attached hydrogens (tertiary/aromatic N) is 1. The third-order valence-corrected chi connectivity index (χ3v) is 9.96. The van der Waals surface area contributed by atoms with Crippen molar-refractivity contribution in [3.8, 4) is 0 Å². The van der Waals surface area contributed by atoms with Gasteiger partial charge in [-0.25, -0.2) is 0 Å². The molecule has 0 bridgehead atoms. The maximum Gasteiger partial charge on any atom is 0.320 e. The Morgan fingerprint density at radius 3 is 0.870 bits per heavy atom. The topological polar surface area (TPSA) is 77.8 Å². The maximum atomic E-state index is 12.1. The molecule has 46 heavy (non-hydrogen) atoms. The Morgan fingerprint density at radius 2 is 0.652 bits per heavy atom. The Kier molecular flexibility index (Phi) is 35.9. The molecule has 0 aromatic rings. The first kappa shape index (κ1) is 44.9. The molecule has 0 amide bonds. The minimum absolute atomic E-state index is 0.0780. The number of rotatable bonds is 39. The van der Waals surface area contributed by atoms with E-state index in [9.17, 15) is 14.7 Å². The highest BCUT2D eigenvalue weighted by atomic mass is 16.4. The molecule has 0 aromatic heterocycles. The van der Waals surface area contributed by atoms with Crippen molar-refractivity contribution in [1.82, 2.24) is 4.90 Å². The molecule has 0 aromatic carbocycles. The lowest BCUT2D eigenvalue weighted by atomic mass is 10.0. The molecule has 0 saturated heterocycles. The number of carboxylic acid groups (broad SMARTS) is 2. The van der Waals surface area contributed by atoms with E-state index in [0.29, 0.717) is 0 Å². The Morgan fingerprint density at radius 1 is 0.413 bits per heavy atom. The highest BCUT2D eigenvalue weighted by Crippen LogP contribution is 2.17. The number of carboxylic acids is 2. The molecule has 0 heterocycles. The fraction of sp³-hybridized carbons (Fsp3) is 0.951. The van der Waals surface area contributed by atoms with Crippen molar-refractivity contribution in [2.45, 2.75) is 238 Å². The molecule has 0 spiro atoms. The lowest BCUT2D eigenvalue weighted by molar-refractivity contribution is -0.144. The van der Waals surface area contributed by atoms with Crippen LogP contribution in [0.3, 0.4) is 0 Å². The molecule has 0 aliphatic heterocycles. The van der Waals surface area contributed by atoms with Crippen molar-refractivity contribution in [3.05, 3.63) is 0 Å². The Balaban J connectivity index is 3.99. The van der Waals surface area contributed by atoms with Gasteiger partial charge in [-0.1, -0.05) is 206 Å². The van der Waals surface area contributed by atoms with E-state index >= 15 is 0 Å². The summed E-state index contributed by atoms with van der Waals surface area (Å²) in [6.45, 7) is 6.10. The molecular weight excluding hydrogens is 570 g/mol. The summed E-state index contributed by atoms with van der Waals surface area (Å²) in [5.74, 6) is -1.77. The molecule has 5 heteroatoms. The molecule has 0 aliphatic rings. The lowest BCUT2D eigenvalue weighted by Crippen LogP contribution is -2.42. The number of aliphatic carboxylic acids is 2. The van der Waals surface area contributed by atoms with Gasteiger partial charge in [-0.2, -0.15) is 0 Å². The largest absolute Gasteiger partial charge is 0.481 e. The second-order valence-electron chi connectivity index (χ2n) is 14.4. The van der Waals surface area contributed by atoms with Gasteiger partial charge in [-0.05, 0) is 32.4 Å². The standard InChI is InChI=1S/C41H81NO4/c1-3-5-7-9-11-13-15-17-19-21-23-25-27-29-31-33-37-42(39(41(45)46)35-36-40(43)44)38-34-32-30-28-26-24-22-20-18-16-14-12-10-8-6-4-2/h39H,3-38H2,1-2H3,(H,43,44)(H,45,46). The maximum absolute atomic E-state index is 12.1. The summed E-state index contributed by atoms with van der Waals surface area (Å²) in [5.41, 5.74) is 0. The van der Waals surface area contributed by atoms with Crippen LogP contribution in [0.4, 0.5) is 0 Å². The summed E-state index contributed by atoms with van der Waals surface area (Å²) in [5, 5.41) is 19.1. The molecule has 0 aliphatic carbocycles. The van der Waals surface area contributed by atoms with Crippen LogP contribution in [0.2, 0.25) is 0 Å². The van der Waals surface area contributed by atoms with Crippen LogP contribution in [0.5, 0.6) is 0 Å². The summed E-state index contributed by atoms with van der Waals surface area (Å²) >= 11 is 0. The van der Waals surface area contributed by atoms with Gasteiger partial charge in [0.2, 0.25) is 0 Å². The molecule has 0 radical (unpaired) electrons. The summed E-state index contributed by atoms with van der Waals surface area (Å²) < 4.78 is 0. The number of unbranched alkanes of at least 4 members (excludes halogenated alkanes) is 30. The Bertz CT molecular complexity index is 604. The highest BCUT2D eigenvalue weighted by molar-refractivity contribution is 5.75. The van der Waals surface area contributed by atoms with E-state index in [0.717, 1.165) is 38.8 Å². The molecule has 0 saturated carbocycles. The van der Waals surface area contributed by atoms with Gasteiger partial charge < -0.3 is 10.2 Å². The average Bonchev–Trinajstić information content (AvgIpc) is 3.03. The summed E-state index contributed by atoms with van der Waals surface area (Å²) in [4.78, 5) is 25.3. The smallest absolute Gasteiger partial charge is 0.320 e. The van der Waals surface area contributed by atoms with Crippen molar-refractivity contribution in [1.29, 1.82) is 0 Å². The van der Waals surface area contributed by atoms with E-state index in [1.54, 1.807) is 0 Å². The van der Waals surface area contributed by atoms with Crippen molar-refractivity contribution >= 4 is 11.9 Å². The van der Waals surface area contributed by atoms with Crippen LogP contribution in [0.15, 0.2) is 0 Å². The normalized spacial score (nSPS) is 12.2. The van der Waals surface area contributed by atoms with Crippen molar-refractivity contribution in [2.75, 3.05) is 13.1 Å². The van der Waals surface area contributed by atoms with Crippen LogP contribution < -0.4 is 0 Å². The molecule has 0 rings (SSSR count). The molecular formula is C41H81NO4. The van der Waals surface area contributed by atoms with Gasteiger partial charge in [-0.3, -0.25) is 14.5 Å². The lowest BCUT2D eigenvalue weighted by Gasteiger charge is -2.28. The Hall–Kier alpha value is -1.10. The molecule has 1 atom stereocenters. The van der Waals surface area contributed by atoms with E-state index < -0.39 is 18.0 Å². The quantitative estimate of drug-likeness (QED) is 0.0647. The zero-order valence-electron chi connectivity index (χ0n) is 31.2. The zero-order valence-corrected chi connectivity index (χ0v) is 31.2. The van der Waals surface area contributed by atoms with Gasteiger partial charge in [0.05, 0.1) is 0 Å². The molecule has 5 nitrogen and oxygen atoms in total. The second kappa shape index (κ2) is 36.7. The van der Waals surface area contributed by atoms with Gasteiger partial charge >= 0.3 is 11.9 Å². The Labute approximate surface area is 287 Å². The monoisotopic (exact) mass is 652 g/mol. The van der Waals surface area contributed by atoms with Crippen LogP contribution in [0.25, 0.3) is 0 Å². The zero-order chi connectivity index (χ0) is 33.8. The van der Waals surface area contributed by atoms with E-state index in [2.05, 4.69) is 18.7 Å². The number of hydrogen-bond acceptors (Lipinski definition) is 3. The number of hydrogen-bond donors (Lipinski definition) is 2. The van der Waals surface area contributed by atoms with E-state index in [1.807, 2.05) is 0 Å². The van der Waals surface area contributed by atoms with Gasteiger partial charge in [0.15, 0.2) is 0 Å². The summed E-state index contributed by atoms with van der Waals surface area (Å²) in [6, 6.07) is -0.677. The van der Waals surface area contributed by atoms with Crippen molar-refractivity contribution in [2.24, 2.45) is 0 Å².